The fourth-order valence-corrected chi connectivity index (χ4v) is 3.73. The van der Waals surface area contributed by atoms with Crippen molar-refractivity contribution in [2.45, 2.75) is 0 Å². The normalized spacial score (nSPS) is 10.8. The van der Waals surface area contributed by atoms with Gasteiger partial charge in [0.2, 0.25) is 0 Å². The minimum atomic E-state index is -0.0883. The van der Waals surface area contributed by atoms with Gasteiger partial charge in [0.25, 0.3) is 5.91 Å². The first-order valence-electron chi connectivity index (χ1n) is 5.38. The summed E-state index contributed by atoms with van der Waals surface area (Å²) in [6, 6.07) is 5.85. The monoisotopic (exact) mass is 344 g/mol. The molecule has 1 aromatic carbocycles. The largest absolute Gasteiger partial charge is 0.397 e. The van der Waals surface area contributed by atoms with Gasteiger partial charge in [-0.2, -0.15) is 11.8 Å². The van der Waals surface area contributed by atoms with Crippen LogP contribution in [0.5, 0.6) is 0 Å². The van der Waals surface area contributed by atoms with Crippen molar-refractivity contribution in [3.8, 4) is 0 Å². The Morgan fingerprint density at radius 2 is 2.33 bits per heavy atom. The number of hydrogen-bond donors (Lipinski definition) is 2. The van der Waals surface area contributed by atoms with Crippen LogP contribution in [-0.4, -0.2) is 24.5 Å². The quantitative estimate of drug-likeness (QED) is 0.836. The number of benzene rings is 1. The van der Waals surface area contributed by atoms with Crippen molar-refractivity contribution in [1.82, 2.24) is 5.32 Å². The molecule has 1 aromatic heterocycles. The Bertz CT molecular complexity index is 583. The zero-order valence-corrected chi connectivity index (χ0v) is 13.0. The molecule has 18 heavy (non-hydrogen) atoms. The fraction of sp³-hybridized carbons (Fsp3) is 0.250. The van der Waals surface area contributed by atoms with Crippen LogP contribution in [0.4, 0.5) is 5.69 Å². The van der Waals surface area contributed by atoms with E-state index in [0.29, 0.717) is 17.1 Å². The molecule has 1 heterocycles. The molecule has 2 aromatic rings. The lowest BCUT2D eigenvalue weighted by molar-refractivity contribution is 0.0961. The third-order valence-electron chi connectivity index (χ3n) is 2.50. The van der Waals surface area contributed by atoms with Gasteiger partial charge in [0, 0.05) is 26.9 Å². The molecule has 0 unspecified atom stereocenters. The molecular weight excluding hydrogens is 332 g/mol. The Morgan fingerprint density at radius 3 is 3.00 bits per heavy atom. The average Bonchev–Trinajstić information content (AvgIpc) is 2.68. The number of thioether (sulfide) groups is 1. The minimum Gasteiger partial charge on any atom is -0.397 e. The predicted molar refractivity (Wildman–Crippen MR) is 84.7 cm³/mol. The Hall–Kier alpha value is -0.720. The molecule has 0 saturated heterocycles. The number of nitrogens with two attached hydrogens (primary N) is 1. The number of rotatable bonds is 4. The second-order valence-corrected chi connectivity index (χ2v) is 6.60. The van der Waals surface area contributed by atoms with E-state index in [-0.39, 0.29) is 5.91 Å². The Morgan fingerprint density at radius 1 is 1.56 bits per heavy atom. The molecular formula is C12H13BrN2OS2. The van der Waals surface area contributed by atoms with Gasteiger partial charge < -0.3 is 11.1 Å². The van der Waals surface area contributed by atoms with Gasteiger partial charge in [0.05, 0.1) is 5.69 Å². The third kappa shape index (κ3) is 2.65. The number of nitrogens with one attached hydrogen (secondary N) is 1. The summed E-state index contributed by atoms with van der Waals surface area (Å²) in [4.78, 5) is 12.6. The molecule has 0 bridgehead atoms. The number of carbonyl (C=O) groups excluding carboxylic acids is 1. The van der Waals surface area contributed by atoms with Crippen molar-refractivity contribution in [1.29, 1.82) is 0 Å². The summed E-state index contributed by atoms with van der Waals surface area (Å²) in [5.41, 5.74) is 6.62. The number of halogens is 1. The molecule has 0 saturated carbocycles. The smallest absolute Gasteiger partial charge is 0.263 e. The summed E-state index contributed by atoms with van der Waals surface area (Å²) in [6.07, 6.45) is 2.01. The van der Waals surface area contributed by atoms with E-state index in [0.717, 1.165) is 20.3 Å². The second-order valence-electron chi connectivity index (χ2n) is 3.71. The van der Waals surface area contributed by atoms with Crippen molar-refractivity contribution in [2.75, 3.05) is 24.3 Å². The van der Waals surface area contributed by atoms with Crippen LogP contribution < -0.4 is 11.1 Å². The molecule has 0 aliphatic heterocycles. The van der Waals surface area contributed by atoms with Gasteiger partial charge in [-0.05, 0) is 18.4 Å². The van der Waals surface area contributed by atoms with Crippen LogP contribution >= 0.6 is 39.0 Å². The predicted octanol–water partition coefficient (Wildman–Crippen LogP) is 3.34. The highest BCUT2D eigenvalue weighted by atomic mass is 79.9. The molecule has 96 valence electrons. The van der Waals surface area contributed by atoms with E-state index in [1.807, 2.05) is 24.5 Å². The number of hydrogen-bond acceptors (Lipinski definition) is 4. The standard InChI is InChI=1S/C12H13BrN2OS2/c1-17-6-5-15-12(16)11-10(14)9-7(13)3-2-4-8(9)18-11/h2-4H,5-6,14H2,1H3,(H,15,16). The van der Waals surface area contributed by atoms with Gasteiger partial charge in [-0.25, -0.2) is 0 Å². The topological polar surface area (TPSA) is 55.1 Å². The molecule has 1 amide bonds. The van der Waals surface area contributed by atoms with Gasteiger partial charge in [-0.3, -0.25) is 4.79 Å². The third-order valence-corrected chi connectivity index (χ3v) is 4.94. The van der Waals surface area contributed by atoms with E-state index in [2.05, 4.69) is 21.2 Å². The fourth-order valence-electron chi connectivity index (χ4n) is 1.64. The number of thiophene rings is 1. The number of anilines is 1. The molecule has 3 nitrogen and oxygen atoms in total. The van der Waals surface area contributed by atoms with E-state index in [1.54, 1.807) is 11.8 Å². The zero-order valence-electron chi connectivity index (χ0n) is 9.83. The first kappa shape index (κ1) is 13.7. The van der Waals surface area contributed by atoms with E-state index in [9.17, 15) is 4.79 Å². The Balaban J connectivity index is 2.31. The molecule has 3 N–H and O–H groups in total. The summed E-state index contributed by atoms with van der Waals surface area (Å²) < 4.78 is 1.95. The molecule has 0 radical (unpaired) electrons. The Kier molecular flexibility index (Phi) is 4.53. The lowest BCUT2D eigenvalue weighted by Gasteiger charge is -2.02. The maximum Gasteiger partial charge on any atom is 0.263 e. The molecule has 0 atom stereocenters. The van der Waals surface area contributed by atoms with Crippen LogP contribution in [0.3, 0.4) is 0 Å². The van der Waals surface area contributed by atoms with Gasteiger partial charge in [0.15, 0.2) is 0 Å². The lowest BCUT2D eigenvalue weighted by atomic mass is 10.2. The van der Waals surface area contributed by atoms with Crippen molar-refractivity contribution < 1.29 is 4.79 Å². The first-order chi connectivity index (χ1) is 8.65. The number of nitrogen functional groups attached to an aromatic ring is 1. The van der Waals surface area contributed by atoms with Crippen molar-refractivity contribution in [3.05, 3.63) is 27.5 Å². The minimum absolute atomic E-state index is 0.0883. The molecule has 0 spiro atoms. The second kappa shape index (κ2) is 5.95. The zero-order chi connectivity index (χ0) is 13.1. The summed E-state index contributed by atoms with van der Waals surface area (Å²) in [5.74, 6) is 0.815. The summed E-state index contributed by atoms with van der Waals surface area (Å²) in [5, 5.41) is 3.80. The van der Waals surface area contributed by atoms with E-state index >= 15 is 0 Å². The van der Waals surface area contributed by atoms with Crippen LogP contribution in [0, 0.1) is 0 Å². The lowest BCUT2D eigenvalue weighted by Crippen LogP contribution is -2.25. The van der Waals surface area contributed by atoms with E-state index < -0.39 is 0 Å². The van der Waals surface area contributed by atoms with E-state index in [4.69, 9.17) is 5.73 Å². The van der Waals surface area contributed by atoms with Crippen LogP contribution in [0.25, 0.3) is 10.1 Å². The van der Waals surface area contributed by atoms with Crippen molar-refractivity contribution >= 4 is 60.7 Å². The highest BCUT2D eigenvalue weighted by Crippen LogP contribution is 2.37. The van der Waals surface area contributed by atoms with Crippen molar-refractivity contribution in [2.24, 2.45) is 0 Å². The van der Waals surface area contributed by atoms with Crippen LogP contribution in [0.15, 0.2) is 22.7 Å². The number of fused-ring (bicyclic) bond motifs is 1. The number of carbonyl (C=O) groups is 1. The van der Waals surface area contributed by atoms with Gasteiger partial charge in [-0.1, -0.05) is 22.0 Å². The van der Waals surface area contributed by atoms with Crippen LogP contribution in [0.2, 0.25) is 0 Å². The maximum atomic E-state index is 12.0. The van der Waals surface area contributed by atoms with E-state index in [1.165, 1.54) is 11.3 Å². The van der Waals surface area contributed by atoms with Crippen LogP contribution in [-0.2, 0) is 0 Å². The summed E-state index contributed by atoms with van der Waals surface area (Å²) in [7, 11) is 0. The Labute approximate surface area is 122 Å². The van der Waals surface area contributed by atoms with Gasteiger partial charge in [0.1, 0.15) is 4.88 Å². The maximum absolute atomic E-state index is 12.0. The SMILES string of the molecule is CSCCNC(=O)c1sc2cccc(Br)c2c1N. The average molecular weight is 345 g/mol. The van der Waals surface area contributed by atoms with Crippen molar-refractivity contribution in [3.63, 3.8) is 0 Å². The number of amides is 1. The highest BCUT2D eigenvalue weighted by molar-refractivity contribution is 9.10. The first-order valence-corrected chi connectivity index (χ1v) is 8.39. The molecule has 2 rings (SSSR count). The summed E-state index contributed by atoms with van der Waals surface area (Å²) in [6.45, 7) is 0.662. The van der Waals surface area contributed by atoms with Crippen LogP contribution in [0.1, 0.15) is 9.67 Å². The highest BCUT2D eigenvalue weighted by Gasteiger charge is 2.17. The van der Waals surface area contributed by atoms with Gasteiger partial charge in [-0.15, -0.1) is 11.3 Å². The molecule has 6 heteroatoms. The molecule has 0 aliphatic carbocycles. The van der Waals surface area contributed by atoms with Gasteiger partial charge >= 0.3 is 0 Å². The molecule has 0 aliphatic rings. The molecule has 0 fully saturated rings. The summed E-state index contributed by atoms with van der Waals surface area (Å²) >= 11 is 6.60.